The summed E-state index contributed by atoms with van der Waals surface area (Å²) >= 11 is 0. The molecule has 1 aliphatic rings. The second kappa shape index (κ2) is 5.83. The van der Waals surface area contributed by atoms with Crippen LogP contribution in [0.5, 0.6) is 0 Å². The number of hydrogen-bond acceptors (Lipinski definition) is 4. The molecule has 2 rings (SSSR count). The van der Waals surface area contributed by atoms with E-state index in [1.807, 2.05) is 0 Å². The van der Waals surface area contributed by atoms with Gasteiger partial charge < -0.3 is 5.73 Å². The van der Waals surface area contributed by atoms with Gasteiger partial charge in [0.25, 0.3) is 10.0 Å². The highest BCUT2D eigenvalue weighted by Crippen LogP contribution is 2.30. The van der Waals surface area contributed by atoms with Crippen LogP contribution in [0.3, 0.4) is 0 Å². The van der Waals surface area contributed by atoms with Crippen molar-refractivity contribution in [2.75, 3.05) is 7.05 Å². The number of hydrogen-bond donors (Lipinski definition) is 2. The Kier molecular flexibility index (Phi) is 4.51. The second-order valence-electron chi connectivity index (χ2n) is 5.78. The summed E-state index contributed by atoms with van der Waals surface area (Å²) in [6.07, 6.45) is 4.09. The first-order chi connectivity index (χ1) is 9.37. The molecule has 0 bridgehead atoms. The Morgan fingerprint density at radius 3 is 2.75 bits per heavy atom. The zero-order valence-electron chi connectivity index (χ0n) is 12.4. The van der Waals surface area contributed by atoms with Gasteiger partial charge in [0.05, 0.1) is 0 Å². The Hall–Kier alpha value is -0.920. The average molecular weight is 300 g/mol. The lowest BCUT2D eigenvalue weighted by atomic mass is 9.87. The monoisotopic (exact) mass is 300 g/mol. The van der Waals surface area contributed by atoms with E-state index in [9.17, 15) is 8.42 Å². The van der Waals surface area contributed by atoms with Crippen LogP contribution in [0.25, 0.3) is 0 Å². The van der Waals surface area contributed by atoms with Gasteiger partial charge in [0.15, 0.2) is 5.03 Å². The van der Waals surface area contributed by atoms with Crippen molar-refractivity contribution in [3.63, 3.8) is 0 Å². The molecule has 2 atom stereocenters. The molecule has 114 valence electrons. The fraction of sp³-hybridized carbons (Fsp3) is 0.769. The molecule has 0 aliphatic heterocycles. The molecule has 1 fully saturated rings. The molecule has 1 aromatic rings. The number of nitrogens with one attached hydrogen (secondary N) is 1. The Morgan fingerprint density at radius 1 is 1.45 bits per heavy atom. The summed E-state index contributed by atoms with van der Waals surface area (Å²) in [5.74, 6) is 0.571. The smallest absolute Gasteiger partial charge is 0.262 e. The van der Waals surface area contributed by atoms with Crippen molar-refractivity contribution >= 4 is 10.0 Å². The number of rotatable bonds is 4. The highest BCUT2D eigenvalue weighted by molar-refractivity contribution is 7.89. The zero-order chi connectivity index (χ0) is 14.9. The van der Waals surface area contributed by atoms with Crippen molar-refractivity contribution in [1.29, 1.82) is 0 Å². The predicted octanol–water partition coefficient (Wildman–Crippen LogP) is 1.38. The Labute approximate surface area is 120 Å². The molecule has 1 heterocycles. The van der Waals surface area contributed by atoms with Gasteiger partial charge in [-0.2, -0.15) is 9.40 Å². The van der Waals surface area contributed by atoms with E-state index in [1.54, 1.807) is 14.0 Å². The topological polar surface area (TPSA) is 92.1 Å². The van der Waals surface area contributed by atoms with Gasteiger partial charge in [-0.3, -0.25) is 5.10 Å². The van der Waals surface area contributed by atoms with Crippen LogP contribution in [-0.4, -0.2) is 36.0 Å². The van der Waals surface area contributed by atoms with Crippen molar-refractivity contribution in [2.45, 2.75) is 57.1 Å². The van der Waals surface area contributed by atoms with Crippen LogP contribution in [0.15, 0.2) is 5.03 Å². The number of aryl methyl sites for hydroxylation is 1. The van der Waals surface area contributed by atoms with Crippen LogP contribution in [0.1, 0.15) is 43.9 Å². The normalized spacial score (nSPS) is 24.2. The van der Waals surface area contributed by atoms with Crippen LogP contribution >= 0.6 is 0 Å². The molecule has 0 aromatic carbocycles. The molecule has 1 aliphatic carbocycles. The summed E-state index contributed by atoms with van der Waals surface area (Å²) in [5.41, 5.74) is 6.95. The lowest BCUT2D eigenvalue weighted by molar-refractivity contribution is 0.238. The molecule has 7 heteroatoms. The summed E-state index contributed by atoms with van der Waals surface area (Å²) < 4.78 is 26.9. The maximum absolute atomic E-state index is 12.7. The van der Waals surface area contributed by atoms with E-state index in [-0.39, 0.29) is 17.6 Å². The van der Waals surface area contributed by atoms with Crippen molar-refractivity contribution in [3.8, 4) is 0 Å². The summed E-state index contributed by atoms with van der Waals surface area (Å²) in [6, 6.07) is 0.0615. The Balaban J connectivity index is 2.29. The van der Waals surface area contributed by atoms with E-state index in [2.05, 4.69) is 17.1 Å². The van der Waals surface area contributed by atoms with Gasteiger partial charge in [-0.25, -0.2) is 8.42 Å². The van der Waals surface area contributed by atoms with Gasteiger partial charge in [-0.1, -0.05) is 19.8 Å². The SMILES string of the molecule is Cc1[nH]nc(S(=O)(=O)N(C)C2CCCC(C)C2)c1CN. The molecule has 0 saturated heterocycles. The van der Waals surface area contributed by atoms with E-state index in [0.717, 1.165) is 25.0 Å². The first-order valence-corrected chi connectivity index (χ1v) is 8.53. The largest absolute Gasteiger partial charge is 0.326 e. The van der Waals surface area contributed by atoms with Crippen LogP contribution < -0.4 is 5.73 Å². The third-order valence-corrected chi connectivity index (χ3v) is 6.17. The summed E-state index contributed by atoms with van der Waals surface area (Å²) in [5, 5.41) is 6.77. The number of H-pyrrole nitrogens is 1. The highest BCUT2D eigenvalue weighted by atomic mass is 32.2. The lowest BCUT2D eigenvalue weighted by Gasteiger charge is -2.33. The quantitative estimate of drug-likeness (QED) is 0.878. The Bertz CT molecular complexity index is 567. The van der Waals surface area contributed by atoms with Crippen LogP contribution in [0.2, 0.25) is 0 Å². The minimum atomic E-state index is -3.57. The molecule has 20 heavy (non-hydrogen) atoms. The highest BCUT2D eigenvalue weighted by Gasteiger charge is 2.34. The molecule has 0 spiro atoms. The fourth-order valence-corrected chi connectivity index (χ4v) is 4.51. The third-order valence-electron chi connectivity index (χ3n) is 4.29. The predicted molar refractivity (Wildman–Crippen MR) is 77.6 cm³/mol. The van der Waals surface area contributed by atoms with Crippen LogP contribution in [0, 0.1) is 12.8 Å². The first-order valence-electron chi connectivity index (χ1n) is 7.09. The van der Waals surface area contributed by atoms with Gasteiger partial charge in [0, 0.05) is 30.9 Å². The van der Waals surface area contributed by atoms with E-state index >= 15 is 0 Å². The summed E-state index contributed by atoms with van der Waals surface area (Å²) in [7, 11) is -1.92. The molecule has 1 aromatic heterocycles. The minimum Gasteiger partial charge on any atom is -0.326 e. The molecular formula is C13H24N4O2S. The number of aromatic nitrogens is 2. The Morgan fingerprint density at radius 2 is 2.15 bits per heavy atom. The van der Waals surface area contributed by atoms with E-state index in [0.29, 0.717) is 11.5 Å². The molecule has 3 N–H and O–H groups in total. The second-order valence-corrected chi connectivity index (χ2v) is 7.70. The van der Waals surface area contributed by atoms with Gasteiger partial charge in [0.2, 0.25) is 0 Å². The molecule has 2 unspecified atom stereocenters. The van der Waals surface area contributed by atoms with Crippen molar-refractivity contribution in [3.05, 3.63) is 11.3 Å². The van der Waals surface area contributed by atoms with Gasteiger partial charge in [0.1, 0.15) is 0 Å². The van der Waals surface area contributed by atoms with Crippen LogP contribution in [-0.2, 0) is 16.6 Å². The molecule has 0 amide bonds. The van der Waals surface area contributed by atoms with E-state index in [1.165, 1.54) is 10.7 Å². The van der Waals surface area contributed by atoms with Gasteiger partial charge in [-0.05, 0) is 25.7 Å². The van der Waals surface area contributed by atoms with Crippen molar-refractivity contribution < 1.29 is 8.42 Å². The molecule has 6 nitrogen and oxygen atoms in total. The number of nitrogens with two attached hydrogens (primary N) is 1. The van der Waals surface area contributed by atoms with E-state index < -0.39 is 10.0 Å². The van der Waals surface area contributed by atoms with Crippen molar-refractivity contribution in [2.24, 2.45) is 11.7 Å². The van der Waals surface area contributed by atoms with Gasteiger partial charge >= 0.3 is 0 Å². The average Bonchev–Trinajstić information content (AvgIpc) is 2.79. The van der Waals surface area contributed by atoms with E-state index in [4.69, 9.17) is 5.73 Å². The van der Waals surface area contributed by atoms with Gasteiger partial charge in [-0.15, -0.1) is 0 Å². The maximum Gasteiger partial charge on any atom is 0.262 e. The zero-order valence-corrected chi connectivity index (χ0v) is 13.2. The standard InChI is InChI=1S/C13H24N4O2S/c1-9-5-4-6-11(7-9)17(3)20(18,19)13-12(8-14)10(2)15-16-13/h9,11H,4-8,14H2,1-3H3,(H,15,16). The molecule has 1 saturated carbocycles. The first kappa shape index (κ1) is 15.5. The molecule has 0 radical (unpaired) electrons. The van der Waals surface area contributed by atoms with Crippen LogP contribution in [0.4, 0.5) is 0 Å². The third kappa shape index (κ3) is 2.75. The summed E-state index contributed by atoms with van der Waals surface area (Å²) in [6.45, 7) is 4.14. The number of nitrogens with zero attached hydrogens (tertiary/aromatic N) is 2. The fourth-order valence-electron chi connectivity index (χ4n) is 2.95. The number of sulfonamides is 1. The maximum atomic E-state index is 12.7. The molecular weight excluding hydrogens is 276 g/mol. The summed E-state index contributed by atoms with van der Waals surface area (Å²) in [4.78, 5) is 0. The minimum absolute atomic E-state index is 0.0615. The lowest BCUT2D eigenvalue weighted by Crippen LogP contribution is -2.40. The van der Waals surface area contributed by atoms with Crippen molar-refractivity contribution in [1.82, 2.24) is 14.5 Å². The number of aromatic amines is 1.